The highest BCUT2D eigenvalue weighted by Gasteiger charge is 2.37. The highest BCUT2D eigenvalue weighted by Crippen LogP contribution is 2.22. The van der Waals surface area contributed by atoms with Crippen molar-refractivity contribution >= 4 is 33.0 Å². The van der Waals surface area contributed by atoms with Crippen molar-refractivity contribution in [2.75, 3.05) is 11.1 Å². The van der Waals surface area contributed by atoms with Crippen LogP contribution in [-0.2, 0) is 21.2 Å². The number of amides is 1. The van der Waals surface area contributed by atoms with Gasteiger partial charge in [-0.05, 0) is 30.5 Å². The number of halogens is 1. The molecule has 0 bridgehead atoms. The molecule has 0 aliphatic carbocycles. The van der Waals surface area contributed by atoms with Crippen molar-refractivity contribution in [1.82, 2.24) is 4.57 Å². The van der Waals surface area contributed by atoms with Gasteiger partial charge in [0.1, 0.15) is 5.25 Å². The lowest BCUT2D eigenvalue weighted by molar-refractivity contribution is -0.115. The number of aromatic nitrogens is 1. The number of hydrogen-bond acceptors (Lipinski definition) is 4. The number of carbonyl (C=O) groups is 1. The second-order valence-corrected chi connectivity index (χ2v) is 8.67. The first-order valence-electron chi connectivity index (χ1n) is 7.83. The van der Waals surface area contributed by atoms with Crippen LogP contribution in [0.5, 0.6) is 0 Å². The van der Waals surface area contributed by atoms with E-state index in [1.807, 2.05) is 12.1 Å². The third kappa shape index (κ3) is 3.93. The van der Waals surface area contributed by atoms with Crippen LogP contribution in [0, 0.1) is 0 Å². The van der Waals surface area contributed by atoms with Crippen molar-refractivity contribution in [1.29, 1.82) is 0 Å². The predicted molar refractivity (Wildman–Crippen MR) is 96.7 cm³/mol. The van der Waals surface area contributed by atoms with Gasteiger partial charge < -0.3 is 9.88 Å². The van der Waals surface area contributed by atoms with E-state index in [4.69, 9.17) is 11.6 Å². The monoisotopic (exact) mass is 380 g/mol. The Morgan fingerprint density at radius 2 is 2.00 bits per heavy atom. The minimum Gasteiger partial charge on any atom is -0.324 e. The molecule has 1 aliphatic heterocycles. The van der Waals surface area contributed by atoms with Gasteiger partial charge in [0, 0.05) is 17.3 Å². The van der Waals surface area contributed by atoms with Gasteiger partial charge in [-0.1, -0.05) is 29.8 Å². The zero-order valence-corrected chi connectivity index (χ0v) is 14.9. The summed E-state index contributed by atoms with van der Waals surface area (Å²) in [5.41, 5.74) is 0.901. The minimum absolute atomic E-state index is 0.0388. The predicted octanol–water partition coefficient (Wildman–Crippen LogP) is 2.07. The first-order chi connectivity index (χ1) is 11.9. The first-order valence-corrected chi connectivity index (χ1v) is 9.92. The molecule has 0 saturated carbocycles. The quantitative estimate of drug-likeness (QED) is 0.879. The van der Waals surface area contributed by atoms with E-state index in [1.54, 1.807) is 12.1 Å². The smallest absolute Gasteiger partial charge is 0.250 e. The molecular weight excluding hydrogens is 364 g/mol. The lowest BCUT2D eigenvalue weighted by Gasteiger charge is -2.13. The molecule has 1 aromatic heterocycles. The number of sulfone groups is 1. The Morgan fingerprint density at radius 1 is 1.24 bits per heavy atom. The number of anilines is 1. The van der Waals surface area contributed by atoms with Crippen LogP contribution in [0.3, 0.4) is 0 Å². The van der Waals surface area contributed by atoms with E-state index in [0.29, 0.717) is 23.6 Å². The molecule has 3 rings (SSSR count). The molecule has 1 aliphatic rings. The third-order valence-corrected chi connectivity index (χ3v) is 6.71. The van der Waals surface area contributed by atoms with Gasteiger partial charge in [-0.15, -0.1) is 0 Å². The second kappa shape index (κ2) is 7.01. The zero-order chi connectivity index (χ0) is 18.0. The van der Waals surface area contributed by atoms with Crippen molar-refractivity contribution < 1.29 is 13.2 Å². The van der Waals surface area contributed by atoms with Crippen LogP contribution < -0.4 is 10.9 Å². The highest BCUT2D eigenvalue weighted by molar-refractivity contribution is 7.93. The topological polar surface area (TPSA) is 85.2 Å². The van der Waals surface area contributed by atoms with Gasteiger partial charge in [-0.25, -0.2) is 8.42 Å². The summed E-state index contributed by atoms with van der Waals surface area (Å²) < 4.78 is 25.1. The zero-order valence-electron chi connectivity index (χ0n) is 13.3. The van der Waals surface area contributed by atoms with Crippen LogP contribution in [0.25, 0.3) is 0 Å². The summed E-state index contributed by atoms with van der Waals surface area (Å²) in [5, 5.41) is 2.12. The van der Waals surface area contributed by atoms with E-state index in [2.05, 4.69) is 5.32 Å². The van der Waals surface area contributed by atoms with Gasteiger partial charge in [-0.3, -0.25) is 9.59 Å². The number of pyridine rings is 1. The summed E-state index contributed by atoms with van der Waals surface area (Å²) in [6, 6.07) is 9.96. The maximum atomic E-state index is 12.2. The third-order valence-electron chi connectivity index (χ3n) is 4.17. The molecule has 1 amide bonds. The molecule has 2 aromatic rings. The first kappa shape index (κ1) is 17.7. The van der Waals surface area contributed by atoms with Gasteiger partial charge in [0.15, 0.2) is 9.84 Å². The van der Waals surface area contributed by atoms with E-state index in [1.165, 1.54) is 22.9 Å². The molecule has 8 heteroatoms. The van der Waals surface area contributed by atoms with Crippen molar-refractivity contribution in [2.24, 2.45) is 0 Å². The molecular formula is C17H17ClN2O4S. The summed E-state index contributed by atoms with van der Waals surface area (Å²) in [6.07, 6.45) is 2.31. The number of hydrogen-bond donors (Lipinski definition) is 1. The van der Waals surface area contributed by atoms with Crippen molar-refractivity contribution in [3.8, 4) is 0 Å². The molecule has 6 nitrogen and oxygen atoms in total. The van der Waals surface area contributed by atoms with Gasteiger partial charge in [0.05, 0.1) is 18.0 Å². The van der Waals surface area contributed by atoms with Crippen molar-refractivity contribution in [2.45, 2.75) is 24.6 Å². The minimum atomic E-state index is -3.38. The van der Waals surface area contributed by atoms with E-state index >= 15 is 0 Å². The van der Waals surface area contributed by atoms with E-state index in [0.717, 1.165) is 5.56 Å². The number of benzene rings is 1. The Bertz CT molecular complexity index is 969. The molecule has 2 heterocycles. The van der Waals surface area contributed by atoms with Crippen LogP contribution in [0.4, 0.5) is 5.69 Å². The number of rotatable bonds is 4. The second-order valence-electron chi connectivity index (χ2n) is 5.96. The van der Waals surface area contributed by atoms with Crippen LogP contribution >= 0.6 is 11.6 Å². The van der Waals surface area contributed by atoms with Crippen LogP contribution in [0.1, 0.15) is 18.4 Å². The summed E-state index contributed by atoms with van der Waals surface area (Å²) in [4.78, 5) is 24.3. The molecule has 1 unspecified atom stereocenters. The SMILES string of the molecule is O=C(Nc1ccc(=O)n(Cc2ccccc2Cl)c1)C1CCCS1(=O)=O. The fourth-order valence-corrected chi connectivity index (χ4v) is 4.81. The summed E-state index contributed by atoms with van der Waals surface area (Å²) in [6.45, 7) is 0.254. The maximum Gasteiger partial charge on any atom is 0.250 e. The van der Waals surface area contributed by atoms with E-state index in [9.17, 15) is 18.0 Å². The van der Waals surface area contributed by atoms with Crippen LogP contribution in [0.2, 0.25) is 5.02 Å². The molecule has 1 atom stereocenters. The number of carbonyl (C=O) groups excluding carboxylic acids is 1. The van der Waals surface area contributed by atoms with Crippen LogP contribution in [-0.4, -0.2) is 29.9 Å². The fraction of sp³-hybridized carbons (Fsp3) is 0.294. The maximum absolute atomic E-state index is 12.2. The molecule has 0 spiro atoms. The van der Waals surface area contributed by atoms with Gasteiger partial charge in [0.25, 0.3) is 5.56 Å². The van der Waals surface area contributed by atoms with Crippen LogP contribution in [0.15, 0.2) is 47.4 Å². The molecule has 1 aromatic carbocycles. The van der Waals surface area contributed by atoms with E-state index < -0.39 is 21.0 Å². The average molecular weight is 381 g/mol. The Labute approximate surface area is 150 Å². The largest absolute Gasteiger partial charge is 0.324 e. The average Bonchev–Trinajstić information content (AvgIpc) is 2.92. The fourth-order valence-electron chi connectivity index (χ4n) is 2.85. The van der Waals surface area contributed by atoms with Crippen molar-refractivity contribution in [3.63, 3.8) is 0 Å². The summed E-state index contributed by atoms with van der Waals surface area (Å²) >= 11 is 6.12. The normalized spacial score (nSPS) is 18.8. The number of nitrogens with zero attached hydrogens (tertiary/aromatic N) is 1. The molecule has 25 heavy (non-hydrogen) atoms. The number of nitrogens with one attached hydrogen (secondary N) is 1. The Kier molecular flexibility index (Phi) is 4.96. The van der Waals surface area contributed by atoms with E-state index in [-0.39, 0.29) is 17.9 Å². The molecule has 1 N–H and O–H groups in total. The lowest BCUT2D eigenvalue weighted by atomic mass is 10.2. The van der Waals surface area contributed by atoms with Gasteiger partial charge >= 0.3 is 0 Å². The summed E-state index contributed by atoms with van der Waals surface area (Å²) in [5.74, 6) is -0.516. The Morgan fingerprint density at radius 3 is 2.68 bits per heavy atom. The Hall–Kier alpha value is -2.12. The highest BCUT2D eigenvalue weighted by atomic mass is 35.5. The van der Waals surface area contributed by atoms with Crippen molar-refractivity contribution in [3.05, 3.63) is 63.5 Å². The lowest BCUT2D eigenvalue weighted by Crippen LogP contribution is -2.32. The molecule has 1 fully saturated rings. The molecule has 1 saturated heterocycles. The molecule has 0 radical (unpaired) electrons. The Balaban J connectivity index is 1.81. The standard InChI is InChI=1S/C17H17ClN2O4S/c18-14-5-2-1-4-12(14)10-20-11-13(7-8-16(20)21)19-17(22)15-6-3-9-25(15,23)24/h1-2,4-5,7-8,11,15H,3,6,9-10H2,(H,19,22). The van der Waals surface area contributed by atoms with Gasteiger partial charge in [-0.2, -0.15) is 0 Å². The summed E-state index contributed by atoms with van der Waals surface area (Å²) in [7, 11) is -3.38. The molecule has 132 valence electrons. The van der Waals surface area contributed by atoms with Gasteiger partial charge in [0.2, 0.25) is 5.91 Å².